The number of nitrogens with zero attached hydrogens (tertiary/aromatic N) is 7. The number of rotatable bonds is 8. The third-order valence-corrected chi connectivity index (χ3v) is 8.61. The van der Waals surface area contributed by atoms with Crippen molar-refractivity contribution in [2.45, 2.75) is 57.7 Å². The van der Waals surface area contributed by atoms with Gasteiger partial charge < -0.3 is 29.0 Å². The normalized spacial score (nSPS) is 17.7. The number of imidazole rings is 1. The fourth-order valence-electron chi connectivity index (χ4n) is 5.67. The van der Waals surface area contributed by atoms with E-state index >= 15 is 0 Å². The van der Waals surface area contributed by atoms with Crippen LogP contribution in [0.25, 0.3) is 22.1 Å². The summed E-state index contributed by atoms with van der Waals surface area (Å²) in [6.45, 7) is 5.02. The van der Waals surface area contributed by atoms with Crippen LogP contribution in [0.3, 0.4) is 0 Å². The number of aryl methyl sites for hydroxylation is 2. The molecular formula is C27H32N8O3S. The van der Waals surface area contributed by atoms with Crippen molar-refractivity contribution in [2.24, 2.45) is 7.05 Å². The Labute approximate surface area is 229 Å². The summed E-state index contributed by atoms with van der Waals surface area (Å²) >= 11 is 1.37. The van der Waals surface area contributed by atoms with Crippen molar-refractivity contribution in [2.75, 3.05) is 31.6 Å². The number of amides is 2. The first-order valence-electron chi connectivity index (χ1n) is 13.8. The molecule has 2 amide bonds. The largest absolute Gasteiger partial charge is 0.378 e. The molecule has 2 saturated carbocycles. The number of nitrogens with one attached hydrogen (secondary N) is 1. The molecule has 4 aromatic heterocycles. The minimum atomic E-state index is -0.0883. The molecule has 1 aliphatic heterocycles. The summed E-state index contributed by atoms with van der Waals surface area (Å²) in [7, 11) is 1.97. The highest BCUT2D eigenvalue weighted by Gasteiger charge is 2.42. The van der Waals surface area contributed by atoms with E-state index in [0.29, 0.717) is 68.0 Å². The van der Waals surface area contributed by atoms with Crippen LogP contribution in [-0.2, 0) is 29.5 Å². The third kappa shape index (κ3) is 4.45. The predicted octanol–water partition coefficient (Wildman–Crippen LogP) is 3.31. The molecule has 2 aliphatic carbocycles. The minimum absolute atomic E-state index is 0.0883. The van der Waals surface area contributed by atoms with Crippen LogP contribution in [0.2, 0.25) is 0 Å². The second-order valence-corrected chi connectivity index (χ2v) is 11.5. The highest BCUT2D eigenvalue weighted by Crippen LogP contribution is 2.38. The zero-order chi connectivity index (χ0) is 26.7. The van der Waals surface area contributed by atoms with Crippen LogP contribution in [0.1, 0.15) is 48.8 Å². The van der Waals surface area contributed by atoms with Gasteiger partial charge in [0.05, 0.1) is 31.5 Å². The number of carbonyl (C=O) groups excluding carboxylic acids is 2. The molecule has 12 heteroatoms. The van der Waals surface area contributed by atoms with Crippen molar-refractivity contribution in [3.63, 3.8) is 0 Å². The number of fused-ring (bicyclic) bond motifs is 3. The lowest BCUT2D eigenvalue weighted by molar-refractivity contribution is -0.131. The zero-order valence-electron chi connectivity index (χ0n) is 22.2. The standard InChI is InChI=1S/C27H32N8O3S/c1-3-34-18(13-21(36)35(16-4-5-16)17-6-7-17)12-19-23-22(28-15-32(23)2)24(30-25(19)34)31-27-29-20(14-39-27)26(37)33-8-10-38-11-9-33/h12,14-17H,3-11,13H2,1-2H3,(H,29,30,31). The van der Waals surface area contributed by atoms with Gasteiger partial charge in [-0.15, -0.1) is 11.3 Å². The lowest BCUT2D eigenvalue weighted by atomic mass is 10.2. The maximum Gasteiger partial charge on any atom is 0.273 e. The SMILES string of the molecule is CCn1c(CC(=O)N(C2CC2)C2CC2)cc2c3c(ncn3C)c(Nc3nc(C(=O)N4CCOCC4)cs3)nc21. The van der Waals surface area contributed by atoms with Crippen molar-refractivity contribution in [3.05, 3.63) is 29.2 Å². The molecule has 39 heavy (non-hydrogen) atoms. The van der Waals surface area contributed by atoms with E-state index in [-0.39, 0.29) is 11.8 Å². The Hall–Kier alpha value is -3.51. The fourth-order valence-corrected chi connectivity index (χ4v) is 6.35. The average molecular weight is 549 g/mol. The van der Waals surface area contributed by atoms with E-state index in [2.05, 4.69) is 37.7 Å². The summed E-state index contributed by atoms with van der Waals surface area (Å²) in [5.74, 6) is 0.716. The van der Waals surface area contributed by atoms with E-state index in [1.165, 1.54) is 11.3 Å². The maximum atomic E-state index is 13.4. The molecule has 0 spiro atoms. The van der Waals surface area contributed by atoms with Gasteiger partial charge in [-0.1, -0.05) is 0 Å². The first-order chi connectivity index (χ1) is 19.0. The van der Waals surface area contributed by atoms with Gasteiger partial charge in [-0.25, -0.2) is 15.0 Å². The molecule has 3 aliphatic rings. The van der Waals surface area contributed by atoms with Crippen LogP contribution in [-0.4, -0.2) is 84.1 Å². The smallest absolute Gasteiger partial charge is 0.273 e. The van der Waals surface area contributed by atoms with Crippen LogP contribution >= 0.6 is 11.3 Å². The number of aromatic nitrogens is 5. The molecule has 11 nitrogen and oxygen atoms in total. The van der Waals surface area contributed by atoms with Gasteiger partial charge in [-0.05, 0) is 38.7 Å². The number of hydrogen-bond acceptors (Lipinski definition) is 8. The molecule has 0 bridgehead atoms. The summed E-state index contributed by atoms with van der Waals surface area (Å²) in [6.07, 6.45) is 6.66. The van der Waals surface area contributed by atoms with E-state index in [4.69, 9.17) is 9.72 Å². The molecule has 1 N–H and O–H groups in total. The third-order valence-electron chi connectivity index (χ3n) is 7.85. The van der Waals surface area contributed by atoms with Crippen molar-refractivity contribution in [3.8, 4) is 0 Å². The number of carbonyl (C=O) groups is 2. The molecule has 0 aromatic carbocycles. The van der Waals surface area contributed by atoms with E-state index < -0.39 is 0 Å². The summed E-state index contributed by atoms with van der Waals surface area (Å²) in [5, 5.41) is 6.67. The first-order valence-corrected chi connectivity index (χ1v) is 14.6. The monoisotopic (exact) mass is 548 g/mol. The summed E-state index contributed by atoms with van der Waals surface area (Å²) in [6, 6.07) is 2.97. The lowest BCUT2D eigenvalue weighted by Gasteiger charge is -2.25. The van der Waals surface area contributed by atoms with E-state index in [0.717, 1.165) is 53.4 Å². The Morgan fingerprint density at radius 3 is 2.59 bits per heavy atom. The van der Waals surface area contributed by atoms with Gasteiger partial charge in [0.1, 0.15) is 16.9 Å². The number of morpholine rings is 1. The van der Waals surface area contributed by atoms with Gasteiger partial charge in [0.2, 0.25) is 5.91 Å². The van der Waals surface area contributed by atoms with Gasteiger partial charge in [-0.3, -0.25) is 9.59 Å². The van der Waals surface area contributed by atoms with Gasteiger partial charge in [0, 0.05) is 55.2 Å². The summed E-state index contributed by atoms with van der Waals surface area (Å²) in [5.41, 5.74) is 3.88. The van der Waals surface area contributed by atoms with Crippen LogP contribution in [0.5, 0.6) is 0 Å². The van der Waals surface area contributed by atoms with Crippen molar-refractivity contribution in [1.82, 2.24) is 33.9 Å². The van der Waals surface area contributed by atoms with Crippen LogP contribution in [0.4, 0.5) is 10.9 Å². The van der Waals surface area contributed by atoms with Gasteiger partial charge in [-0.2, -0.15) is 0 Å². The maximum absolute atomic E-state index is 13.4. The van der Waals surface area contributed by atoms with E-state index in [9.17, 15) is 9.59 Å². The van der Waals surface area contributed by atoms with Gasteiger partial charge in [0.15, 0.2) is 10.9 Å². The number of thiazole rings is 1. The Morgan fingerprint density at radius 2 is 1.90 bits per heavy atom. The Bertz CT molecular complexity index is 1560. The van der Waals surface area contributed by atoms with Gasteiger partial charge in [0.25, 0.3) is 5.91 Å². The number of pyridine rings is 1. The first kappa shape index (κ1) is 24.5. The molecular weight excluding hydrogens is 516 g/mol. The zero-order valence-corrected chi connectivity index (χ0v) is 23.0. The second kappa shape index (κ2) is 9.60. The predicted molar refractivity (Wildman–Crippen MR) is 148 cm³/mol. The highest BCUT2D eigenvalue weighted by molar-refractivity contribution is 7.14. The average Bonchev–Trinajstić information content (AvgIpc) is 3.85. The summed E-state index contributed by atoms with van der Waals surface area (Å²) in [4.78, 5) is 44.4. The minimum Gasteiger partial charge on any atom is -0.378 e. The molecule has 7 rings (SSSR count). The van der Waals surface area contributed by atoms with Crippen molar-refractivity contribution in [1.29, 1.82) is 0 Å². The van der Waals surface area contributed by atoms with Crippen LogP contribution < -0.4 is 5.32 Å². The highest BCUT2D eigenvalue weighted by atomic mass is 32.1. The Balaban J connectivity index is 1.22. The molecule has 0 atom stereocenters. The van der Waals surface area contributed by atoms with E-state index in [1.807, 2.05) is 11.6 Å². The lowest BCUT2D eigenvalue weighted by Crippen LogP contribution is -2.40. The fraction of sp³-hybridized carbons (Fsp3) is 0.519. The van der Waals surface area contributed by atoms with E-state index in [1.54, 1.807) is 16.6 Å². The summed E-state index contributed by atoms with van der Waals surface area (Å²) < 4.78 is 9.49. The Morgan fingerprint density at radius 1 is 1.15 bits per heavy atom. The molecule has 4 aromatic rings. The van der Waals surface area contributed by atoms with Gasteiger partial charge >= 0.3 is 0 Å². The molecule has 5 heterocycles. The molecule has 204 valence electrons. The number of anilines is 2. The Kier molecular flexibility index (Phi) is 6.03. The van der Waals surface area contributed by atoms with Crippen molar-refractivity contribution >= 4 is 56.2 Å². The van der Waals surface area contributed by atoms with Crippen molar-refractivity contribution < 1.29 is 14.3 Å². The number of ether oxygens (including phenoxy) is 1. The molecule has 1 saturated heterocycles. The quantitative estimate of drug-likeness (QED) is 0.360. The van der Waals surface area contributed by atoms with Crippen LogP contribution in [0, 0.1) is 0 Å². The topological polar surface area (TPSA) is 110 Å². The molecule has 3 fully saturated rings. The van der Waals surface area contributed by atoms with Crippen LogP contribution in [0.15, 0.2) is 17.8 Å². The number of hydrogen-bond donors (Lipinski definition) is 1. The second-order valence-electron chi connectivity index (χ2n) is 10.6. The molecule has 0 radical (unpaired) electrons. The molecule has 0 unspecified atom stereocenters.